The number of aromatic nitrogens is 1. The molecule has 1 atom stereocenters. The Morgan fingerprint density at radius 3 is 2.48 bits per heavy atom. The molecule has 0 radical (unpaired) electrons. The van der Waals surface area contributed by atoms with E-state index in [1.165, 1.54) is 36.6 Å². The fourth-order valence-corrected chi connectivity index (χ4v) is 5.27. The smallest absolute Gasteiger partial charge is 0.157 e. The maximum Gasteiger partial charge on any atom is 0.157 e. The van der Waals surface area contributed by atoms with Crippen LogP contribution in [0.1, 0.15) is 38.2 Å². The van der Waals surface area contributed by atoms with Crippen molar-refractivity contribution in [1.82, 2.24) is 9.29 Å². The highest BCUT2D eigenvalue weighted by molar-refractivity contribution is 7.83. The van der Waals surface area contributed by atoms with E-state index in [4.69, 9.17) is 0 Å². The number of benzene rings is 2. The zero-order valence-electron chi connectivity index (χ0n) is 15.9. The molecule has 4 rings (SSSR count). The van der Waals surface area contributed by atoms with E-state index in [0.717, 1.165) is 35.3 Å². The van der Waals surface area contributed by atoms with Crippen LogP contribution in [0.15, 0.2) is 65.7 Å². The summed E-state index contributed by atoms with van der Waals surface area (Å²) in [5.74, 6) is 1.69. The molecule has 1 aliphatic rings. The third-order valence-corrected chi connectivity index (χ3v) is 7.10. The van der Waals surface area contributed by atoms with E-state index < -0.39 is 11.0 Å². The van der Waals surface area contributed by atoms with Crippen molar-refractivity contribution in [2.24, 2.45) is 11.8 Å². The summed E-state index contributed by atoms with van der Waals surface area (Å²) < 4.78 is 15.0. The molecule has 0 aliphatic heterocycles. The first-order valence-electron chi connectivity index (χ1n) is 9.99. The molecule has 2 aromatic carbocycles. The van der Waals surface area contributed by atoms with Gasteiger partial charge in [-0.1, -0.05) is 56.2 Å². The average Bonchev–Trinajstić information content (AvgIpc) is 3.08. The lowest BCUT2D eigenvalue weighted by molar-refractivity contribution is 0.281. The summed E-state index contributed by atoms with van der Waals surface area (Å²) >= 11 is 0. The minimum absolute atomic E-state index is 0.799. The summed E-state index contributed by atoms with van der Waals surface area (Å²) in [5, 5.41) is 4.84. The van der Waals surface area contributed by atoms with Crippen LogP contribution in [0.25, 0.3) is 10.9 Å². The van der Waals surface area contributed by atoms with Crippen molar-refractivity contribution in [3.05, 3.63) is 66.4 Å². The molecule has 3 aromatic rings. The molecule has 0 spiro atoms. The van der Waals surface area contributed by atoms with Crippen LogP contribution < -0.4 is 5.32 Å². The molecule has 1 unspecified atom stereocenters. The normalized spacial score (nSPS) is 21.4. The molecular weight excluding hydrogens is 352 g/mol. The molecule has 1 aliphatic carbocycles. The van der Waals surface area contributed by atoms with Gasteiger partial charge in [-0.25, -0.2) is 4.21 Å². The van der Waals surface area contributed by atoms with Gasteiger partial charge in [0.05, 0.1) is 10.4 Å². The number of rotatable bonds is 6. The van der Waals surface area contributed by atoms with Gasteiger partial charge in [0, 0.05) is 18.1 Å². The molecular formula is C23H28N2OS. The fourth-order valence-electron chi connectivity index (χ4n) is 4.09. The molecule has 1 fully saturated rings. The Labute approximate surface area is 164 Å². The van der Waals surface area contributed by atoms with Crippen LogP contribution in [0.3, 0.4) is 0 Å². The highest BCUT2D eigenvalue weighted by Crippen LogP contribution is 2.28. The van der Waals surface area contributed by atoms with Crippen LogP contribution >= 0.6 is 0 Å². The first-order valence-corrected chi connectivity index (χ1v) is 11.1. The van der Waals surface area contributed by atoms with E-state index >= 15 is 0 Å². The van der Waals surface area contributed by atoms with Gasteiger partial charge in [-0.3, -0.25) is 3.97 Å². The minimum atomic E-state index is -1.23. The molecule has 0 bridgehead atoms. The van der Waals surface area contributed by atoms with Crippen LogP contribution in [-0.2, 0) is 17.5 Å². The SMILES string of the molecule is CC1CCC(CNCc2cn(S(=O)c3ccccc3)c3ccccc23)CC1. The molecule has 1 heterocycles. The highest BCUT2D eigenvalue weighted by atomic mass is 32.2. The van der Waals surface area contributed by atoms with Gasteiger partial charge in [0.25, 0.3) is 0 Å². The Morgan fingerprint density at radius 2 is 1.70 bits per heavy atom. The van der Waals surface area contributed by atoms with Crippen molar-refractivity contribution in [2.45, 2.75) is 44.0 Å². The van der Waals surface area contributed by atoms with Crippen molar-refractivity contribution in [1.29, 1.82) is 0 Å². The predicted molar refractivity (Wildman–Crippen MR) is 113 cm³/mol. The van der Waals surface area contributed by atoms with Crippen molar-refractivity contribution < 1.29 is 4.21 Å². The van der Waals surface area contributed by atoms with Gasteiger partial charge >= 0.3 is 0 Å². The Bertz CT molecular complexity index is 911. The highest BCUT2D eigenvalue weighted by Gasteiger charge is 2.18. The predicted octanol–water partition coefficient (Wildman–Crippen LogP) is 5.13. The van der Waals surface area contributed by atoms with Crippen molar-refractivity contribution in [3.8, 4) is 0 Å². The van der Waals surface area contributed by atoms with E-state index in [1.54, 1.807) is 0 Å². The van der Waals surface area contributed by atoms with Crippen LogP contribution in [-0.4, -0.2) is 14.7 Å². The summed E-state index contributed by atoms with van der Waals surface area (Å²) in [6, 6.07) is 17.9. The number of para-hydroxylation sites is 1. The summed E-state index contributed by atoms with van der Waals surface area (Å²) in [7, 11) is -1.23. The van der Waals surface area contributed by atoms with Gasteiger partial charge in [0.2, 0.25) is 0 Å². The quantitative estimate of drug-likeness (QED) is 0.643. The Morgan fingerprint density at radius 1 is 1.00 bits per heavy atom. The lowest BCUT2D eigenvalue weighted by Crippen LogP contribution is -2.25. The van der Waals surface area contributed by atoms with E-state index in [9.17, 15) is 4.21 Å². The second-order valence-electron chi connectivity index (χ2n) is 7.82. The van der Waals surface area contributed by atoms with Crippen LogP contribution in [0.2, 0.25) is 0 Å². The van der Waals surface area contributed by atoms with E-state index in [-0.39, 0.29) is 0 Å². The standard InChI is InChI=1S/C23H28N2OS/c1-18-11-13-19(14-12-18)15-24-16-20-17-25(23-10-6-5-9-22(20)23)27(26)21-7-3-2-4-8-21/h2-10,17-19,24H,11-16H2,1H3. The molecule has 4 heteroatoms. The number of nitrogens with one attached hydrogen (secondary N) is 1. The van der Waals surface area contributed by atoms with Crippen molar-refractivity contribution in [2.75, 3.05) is 6.54 Å². The second-order valence-corrected chi connectivity index (χ2v) is 9.18. The zero-order chi connectivity index (χ0) is 18.6. The third-order valence-electron chi connectivity index (χ3n) is 5.77. The topological polar surface area (TPSA) is 34.0 Å². The van der Waals surface area contributed by atoms with Gasteiger partial charge < -0.3 is 5.32 Å². The number of hydrogen-bond acceptors (Lipinski definition) is 2. The van der Waals surface area contributed by atoms with E-state index in [2.05, 4.69) is 36.6 Å². The monoisotopic (exact) mass is 380 g/mol. The fraction of sp³-hybridized carbons (Fsp3) is 0.391. The van der Waals surface area contributed by atoms with Crippen LogP contribution in [0, 0.1) is 11.8 Å². The Hall–Kier alpha value is -1.91. The first-order chi connectivity index (χ1) is 13.2. The van der Waals surface area contributed by atoms with Gasteiger partial charge in [-0.05, 0) is 55.0 Å². The molecule has 1 saturated carbocycles. The van der Waals surface area contributed by atoms with Gasteiger partial charge in [-0.15, -0.1) is 0 Å². The van der Waals surface area contributed by atoms with Gasteiger partial charge in [0.15, 0.2) is 11.0 Å². The van der Waals surface area contributed by atoms with E-state index in [1.807, 2.05) is 40.4 Å². The summed E-state index contributed by atoms with van der Waals surface area (Å²) in [6.45, 7) is 4.27. The largest absolute Gasteiger partial charge is 0.312 e. The summed E-state index contributed by atoms with van der Waals surface area (Å²) in [6.07, 6.45) is 7.47. The molecule has 1 N–H and O–H groups in total. The number of fused-ring (bicyclic) bond motifs is 1. The number of hydrogen-bond donors (Lipinski definition) is 1. The molecule has 3 nitrogen and oxygen atoms in total. The lowest BCUT2D eigenvalue weighted by Gasteiger charge is -2.26. The van der Waals surface area contributed by atoms with Crippen molar-refractivity contribution >= 4 is 21.9 Å². The maximum atomic E-state index is 13.1. The van der Waals surface area contributed by atoms with Gasteiger partial charge in [0.1, 0.15) is 0 Å². The van der Waals surface area contributed by atoms with E-state index in [0.29, 0.717) is 0 Å². The molecule has 27 heavy (non-hydrogen) atoms. The van der Waals surface area contributed by atoms with Crippen LogP contribution in [0.4, 0.5) is 0 Å². The summed E-state index contributed by atoms with van der Waals surface area (Å²) in [4.78, 5) is 0.828. The van der Waals surface area contributed by atoms with Gasteiger partial charge in [-0.2, -0.15) is 0 Å². The molecule has 1 aromatic heterocycles. The Kier molecular flexibility index (Phi) is 5.74. The lowest BCUT2D eigenvalue weighted by atomic mass is 9.83. The molecule has 142 valence electrons. The zero-order valence-corrected chi connectivity index (χ0v) is 16.8. The third kappa shape index (κ3) is 4.17. The van der Waals surface area contributed by atoms with Crippen LogP contribution in [0.5, 0.6) is 0 Å². The number of nitrogens with zero attached hydrogens (tertiary/aromatic N) is 1. The molecule has 0 amide bonds. The average molecular weight is 381 g/mol. The van der Waals surface area contributed by atoms with Crippen molar-refractivity contribution in [3.63, 3.8) is 0 Å². The maximum absolute atomic E-state index is 13.1. The minimum Gasteiger partial charge on any atom is -0.312 e. The molecule has 0 saturated heterocycles. The second kappa shape index (κ2) is 8.41. The first kappa shape index (κ1) is 18.5. The summed E-state index contributed by atoms with van der Waals surface area (Å²) in [5.41, 5.74) is 2.25. The Balaban J connectivity index is 1.51.